The predicted octanol–water partition coefficient (Wildman–Crippen LogP) is 3.70. The number of nitrogens with one attached hydrogen (secondary N) is 1. The number of aromatic amines is 1. The smallest absolute Gasteiger partial charge is 0.440 e. The molecule has 10 nitrogen and oxygen atoms in total. The summed E-state index contributed by atoms with van der Waals surface area (Å²) >= 11 is 0. The molecular weight excluding hydrogens is 513 g/mol. The van der Waals surface area contributed by atoms with E-state index in [1.54, 1.807) is 0 Å². The van der Waals surface area contributed by atoms with Crippen LogP contribution in [0, 0.1) is 0 Å². The highest BCUT2D eigenvalue weighted by Crippen LogP contribution is 2.36. The van der Waals surface area contributed by atoms with Crippen molar-refractivity contribution < 1.29 is 46.8 Å². The van der Waals surface area contributed by atoms with Crippen LogP contribution in [0.4, 0.5) is 28.4 Å². The number of nitrogens with zero attached hydrogens (tertiary/aromatic N) is 1. The van der Waals surface area contributed by atoms with Crippen LogP contribution in [-0.4, -0.2) is 68.0 Å². The molecule has 1 aliphatic rings. The van der Waals surface area contributed by atoms with Gasteiger partial charge in [-0.15, -0.1) is 0 Å². The Labute approximate surface area is 213 Å². The molecule has 1 fully saturated rings. The number of aliphatic hydroxyl groups excluding tert-OH is 1. The van der Waals surface area contributed by atoms with Crippen LogP contribution in [0.25, 0.3) is 22.0 Å². The number of hydrogen-bond donors (Lipinski definition) is 2. The molecule has 1 unspecified atom stereocenters. The summed E-state index contributed by atoms with van der Waals surface area (Å²) in [5, 5.41) is 9.14. The second-order valence-corrected chi connectivity index (χ2v) is 8.19. The largest absolute Gasteiger partial charge is 0.508 e. The molecule has 1 aromatic heterocycles. The number of benzene rings is 2. The summed E-state index contributed by atoms with van der Waals surface area (Å²) in [4.78, 5) is 40.6. The second kappa shape index (κ2) is 11.5. The van der Waals surface area contributed by atoms with Crippen molar-refractivity contribution >= 4 is 28.7 Å². The molecule has 202 valence electrons. The Morgan fingerprint density at radius 3 is 2.63 bits per heavy atom. The number of fused-ring (bicyclic) bond motifs is 1. The van der Waals surface area contributed by atoms with Gasteiger partial charge in [0.1, 0.15) is 13.2 Å². The van der Waals surface area contributed by atoms with E-state index in [-0.39, 0.29) is 56.2 Å². The maximum absolute atomic E-state index is 13.4. The van der Waals surface area contributed by atoms with Crippen LogP contribution in [-0.2, 0) is 25.1 Å². The third-order valence-corrected chi connectivity index (χ3v) is 5.61. The number of hydrogen-bond acceptors (Lipinski definition) is 8. The number of H-pyrrole nitrogens is 1. The first-order valence-electron chi connectivity index (χ1n) is 11.5. The molecule has 1 atom stereocenters. The fourth-order valence-corrected chi connectivity index (χ4v) is 3.90. The Hall–Kier alpha value is -4.10. The summed E-state index contributed by atoms with van der Waals surface area (Å²) in [6.45, 7) is -0.290. The van der Waals surface area contributed by atoms with E-state index in [9.17, 15) is 27.6 Å². The number of pyridine rings is 1. The van der Waals surface area contributed by atoms with Crippen molar-refractivity contribution in [2.45, 2.75) is 12.3 Å². The number of anilines is 1. The van der Waals surface area contributed by atoms with Crippen LogP contribution in [0.1, 0.15) is 5.56 Å². The van der Waals surface area contributed by atoms with Crippen LogP contribution in [0.3, 0.4) is 0 Å². The van der Waals surface area contributed by atoms with Gasteiger partial charge in [0.05, 0.1) is 31.9 Å². The molecule has 0 radical (unpaired) electrons. The summed E-state index contributed by atoms with van der Waals surface area (Å²) < 4.78 is 60.2. The first-order valence-corrected chi connectivity index (χ1v) is 11.5. The molecule has 1 saturated heterocycles. The van der Waals surface area contributed by atoms with Gasteiger partial charge < -0.3 is 29.0 Å². The van der Waals surface area contributed by atoms with Gasteiger partial charge in [-0.2, -0.15) is 13.2 Å². The highest BCUT2D eigenvalue weighted by Gasteiger charge is 2.35. The van der Waals surface area contributed by atoms with Crippen LogP contribution >= 0.6 is 0 Å². The number of rotatable bonds is 9. The molecule has 0 spiro atoms. The molecule has 38 heavy (non-hydrogen) atoms. The number of aromatic nitrogens is 1. The zero-order valence-electron chi connectivity index (χ0n) is 19.8. The normalized spacial score (nSPS) is 15.5. The molecule has 0 bridgehead atoms. The monoisotopic (exact) mass is 536 g/mol. The zero-order valence-corrected chi connectivity index (χ0v) is 19.8. The Morgan fingerprint density at radius 2 is 1.87 bits per heavy atom. The SMILES string of the molecule is O=C(OCCOCCO)OCC1CN(c2ccc3cc(-c4ccccc4C(F)(F)F)[nH]c(=O)c3c2)C(=O)O1. The van der Waals surface area contributed by atoms with Gasteiger partial charge >= 0.3 is 18.4 Å². The molecule has 2 N–H and O–H groups in total. The summed E-state index contributed by atoms with van der Waals surface area (Å²) in [5.41, 5.74) is -1.34. The molecular formula is C25H23F3N2O8. The number of carbonyl (C=O) groups excluding carboxylic acids is 2. The average molecular weight is 536 g/mol. The maximum Gasteiger partial charge on any atom is 0.508 e. The van der Waals surface area contributed by atoms with Gasteiger partial charge in [-0.1, -0.05) is 24.3 Å². The topological polar surface area (TPSA) is 127 Å². The quantitative estimate of drug-likeness (QED) is 0.313. The van der Waals surface area contributed by atoms with E-state index in [0.717, 1.165) is 6.07 Å². The van der Waals surface area contributed by atoms with Gasteiger partial charge in [-0.05, 0) is 29.7 Å². The third-order valence-electron chi connectivity index (χ3n) is 5.61. The van der Waals surface area contributed by atoms with Gasteiger partial charge in [0.2, 0.25) is 0 Å². The molecule has 13 heteroatoms. The molecule has 2 heterocycles. The van der Waals surface area contributed by atoms with Crippen molar-refractivity contribution in [3.05, 3.63) is 64.4 Å². The summed E-state index contributed by atoms with van der Waals surface area (Å²) in [6, 6.07) is 10.8. The molecule has 0 aliphatic carbocycles. The fourth-order valence-electron chi connectivity index (χ4n) is 3.90. The van der Waals surface area contributed by atoms with E-state index in [0.29, 0.717) is 11.1 Å². The number of ether oxygens (including phenoxy) is 4. The number of alkyl halides is 3. The lowest BCUT2D eigenvalue weighted by molar-refractivity contribution is -0.137. The number of halogens is 3. The maximum atomic E-state index is 13.4. The third kappa shape index (κ3) is 6.23. The van der Waals surface area contributed by atoms with Crippen LogP contribution in [0.5, 0.6) is 0 Å². The van der Waals surface area contributed by atoms with Gasteiger partial charge in [0.25, 0.3) is 5.56 Å². The van der Waals surface area contributed by atoms with Crippen molar-refractivity contribution in [3.63, 3.8) is 0 Å². The molecule has 1 aliphatic heterocycles. The lowest BCUT2D eigenvalue weighted by atomic mass is 10.0. The molecule has 0 saturated carbocycles. The number of carbonyl (C=O) groups is 2. The van der Waals surface area contributed by atoms with Crippen LogP contribution < -0.4 is 10.5 Å². The van der Waals surface area contributed by atoms with Gasteiger partial charge in [-0.3, -0.25) is 9.69 Å². The number of aliphatic hydroxyl groups is 1. The van der Waals surface area contributed by atoms with E-state index >= 15 is 0 Å². The Balaban J connectivity index is 1.45. The minimum Gasteiger partial charge on any atom is -0.440 e. The van der Waals surface area contributed by atoms with Gasteiger partial charge in [0.15, 0.2) is 6.10 Å². The minimum atomic E-state index is -4.60. The van der Waals surface area contributed by atoms with E-state index < -0.39 is 35.7 Å². The Bertz CT molecular complexity index is 1370. The second-order valence-electron chi connectivity index (χ2n) is 8.19. The van der Waals surface area contributed by atoms with Crippen LogP contribution in [0.15, 0.2) is 53.3 Å². The first kappa shape index (κ1) is 26.9. The summed E-state index contributed by atoms with van der Waals surface area (Å²) in [6.07, 6.45) is -7.10. The Kier molecular flexibility index (Phi) is 8.17. The summed E-state index contributed by atoms with van der Waals surface area (Å²) in [7, 11) is 0. The predicted molar refractivity (Wildman–Crippen MR) is 128 cm³/mol. The van der Waals surface area contributed by atoms with Crippen molar-refractivity contribution in [1.82, 2.24) is 4.98 Å². The highest BCUT2D eigenvalue weighted by atomic mass is 19.4. The van der Waals surface area contributed by atoms with Gasteiger partial charge in [-0.25, -0.2) is 9.59 Å². The fraction of sp³-hybridized carbons (Fsp3) is 0.320. The van der Waals surface area contributed by atoms with Crippen molar-refractivity contribution in [2.24, 2.45) is 0 Å². The van der Waals surface area contributed by atoms with Crippen molar-refractivity contribution in [3.8, 4) is 11.3 Å². The van der Waals surface area contributed by atoms with E-state index in [2.05, 4.69) is 4.98 Å². The highest BCUT2D eigenvalue weighted by molar-refractivity contribution is 5.94. The van der Waals surface area contributed by atoms with Crippen LogP contribution in [0.2, 0.25) is 0 Å². The minimum absolute atomic E-state index is 0.00724. The van der Waals surface area contributed by atoms with Crippen molar-refractivity contribution in [1.29, 1.82) is 0 Å². The summed E-state index contributed by atoms with van der Waals surface area (Å²) in [5.74, 6) is 0. The molecule has 2 aromatic carbocycles. The average Bonchev–Trinajstić information content (AvgIpc) is 3.27. The number of amides is 1. The Morgan fingerprint density at radius 1 is 1.08 bits per heavy atom. The zero-order chi connectivity index (χ0) is 27.3. The van der Waals surface area contributed by atoms with E-state index in [1.165, 1.54) is 47.4 Å². The molecule has 3 aromatic rings. The molecule has 4 rings (SSSR count). The van der Waals surface area contributed by atoms with Gasteiger partial charge in [0, 0.05) is 22.3 Å². The van der Waals surface area contributed by atoms with E-state index in [1.807, 2.05) is 0 Å². The lowest BCUT2D eigenvalue weighted by Gasteiger charge is -2.15. The first-order chi connectivity index (χ1) is 18.2. The van der Waals surface area contributed by atoms with E-state index in [4.69, 9.17) is 24.1 Å². The van der Waals surface area contributed by atoms with Crippen molar-refractivity contribution in [2.75, 3.05) is 44.5 Å². The number of cyclic esters (lactones) is 1. The molecule has 1 amide bonds. The lowest BCUT2D eigenvalue weighted by Crippen LogP contribution is -2.27. The standard InChI is InChI=1S/C25H23F3N2O8/c26-25(27,28)20-4-2-1-3-18(20)21-11-15-5-6-16(12-19(15)22(32)29-21)30-13-17(38-23(30)33)14-37-24(34)36-10-9-35-8-7-31/h1-6,11-12,17,31H,7-10,13-14H2,(H,29,32).